The lowest BCUT2D eigenvalue weighted by molar-refractivity contribution is 0.112. The van der Waals surface area contributed by atoms with Crippen molar-refractivity contribution in [1.82, 2.24) is 0 Å². The van der Waals surface area contributed by atoms with Crippen molar-refractivity contribution < 1.29 is 9.90 Å². The topological polar surface area (TPSA) is 37.3 Å². The molecule has 0 radical (unpaired) electrons. The number of hydrogen-bond donors (Lipinski definition) is 1. The number of phenols is 1. The third-order valence-electron chi connectivity index (χ3n) is 2.42. The molecule has 2 aromatic carbocycles. The van der Waals surface area contributed by atoms with Gasteiger partial charge in [0.1, 0.15) is 5.75 Å². The number of phenolic OH excluding ortho intramolecular Hbond substituents is 1. The van der Waals surface area contributed by atoms with Crippen LogP contribution in [-0.4, -0.2) is 11.4 Å². The Hall–Kier alpha value is -2.09. The predicted octanol–water partition coefficient (Wildman–Crippen LogP) is 3.00. The third-order valence-corrected chi connectivity index (χ3v) is 2.42. The summed E-state index contributed by atoms with van der Waals surface area (Å²) in [6, 6.07) is 8.72. The number of hydrogen-bond acceptors (Lipinski definition) is 2. The first-order valence-electron chi connectivity index (χ1n) is 4.59. The van der Waals surface area contributed by atoms with Gasteiger partial charge in [0.2, 0.25) is 0 Å². The van der Waals surface area contributed by atoms with Crippen molar-refractivity contribution in [2.75, 3.05) is 0 Å². The molecule has 2 rings (SSSR count). The highest BCUT2D eigenvalue weighted by Gasteiger charge is 2.05. The van der Waals surface area contributed by atoms with Crippen LogP contribution >= 0.6 is 0 Å². The SMILES string of the molecule is C=Cc1ccc2ccc(O)cc2c1C=O. The highest BCUT2D eigenvalue weighted by atomic mass is 16.3. The Morgan fingerprint density at radius 1 is 1.20 bits per heavy atom. The van der Waals surface area contributed by atoms with E-state index in [0.717, 1.165) is 22.6 Å². The summed E-state index contributed by atoms with van der Waals surface area (Å²) in [7, 11) is 0. The minimum Gasteiger partial charge on any atom is -0.508 e. The summed E-state index contributed by atoms with van der Waals surface area (Å²) >= 11 is 0. The molecular formula is C13H10O2. The minimum atomic E-state index is 0.159. The minimum absolute atomic E-state index is 0.159. The second-order valence-electron chi connectivity index (χ2n) is 3.30. The van der Waals surface area contributed by atoms with Crippen molar-refractivity contribution in [3.8, 4) is 5.75 Å². The Labute approximate surface area is 87.5 Å². The van der Waals surface area contributed by atoms with E-state index in [4.69, 9.17) is 0 Å². The van der Waals surface area contributed by atoms with Crippen LogP contribution in [0.3, 0.4) is 0 Å². The van der Waals surface area contributed by atoms with Gasteiger partial charge < -0.3 is 5.11 Å². The van der Waals surface area contributed by atoms with E-state index in [1.807, 2.05) is 12.1 Å². The average molecular weight is 198 g/mol. The number of carbonyl (C=O) groups excluding carboxylic acids is 1. The number of aromatic hydroxyl groups is 1. The maximum atomic E-state index is 11.0. The van der Waals surface area contributed by atoms with E-state index in [1.165, 1.54) is 0 Å². The zero-order chi connectivity index (χ0) is 10.8. The Morgan fingerprint density at radius 2 is 1.93 bits per heavy atom. The first kappa shape index (κ1) is 9.46. The molecule has 2 nitrogen and oxygen atoms in total. The van der Waals surface area contributed by atoms with Gasteiger partial charge in [0.25, 0.3) is 0 Å². The second-order valence-corrected chi connectivity index (χ2v) is 3.30. The zero-order valence-electron chi connectivity index (χ0n) is 8.10. The standard InChI is InChI=1S/C13H10O2/c1-2-9-3-4-10-5-6-11(15)7-12(10)13(9)8-14/h2-8,15H,1H2. The van der Waals surface area contributed by atoms with Crippen molar-refractivity contribution >= 4 is 23.1 Å². The predicted molar refractivity (Wildman–Crippen MR) is 61.1 cm³/mol. The number of aldehydes is 1. The fourth-order valence-electron chi connectivity index (χ4n) is 1.66. The summed E-state index contributed by atoms with van der Waals surface area (Å²) in [6.07, 6.45) is 2.42. The van der Waals surface area contributed by atoms with Crippen LogP contribution in [0.2, 0.25) is 0 Å². The van der Waals surface area contributed by atoms with Gasteiger partial charge in [-0.3, -0.25) is 4.79 Å². The Morgan fingerprint density at radius 3 is 2.60 bits per heavy atom. The van der Waals surface area contributed by atoms with E-state index >= 15 is 0 Å². The van der Waals surface area contributed by atoms with Crippen molar-refractivity contribution in [3.63, 3.8) is 0 Å². The molecule has 0 aromatic heterocycles. The average Bonchev–Trinajstić information content (AvgIpc) is 2.27. The van der Waals surface area contributed by atoms with Gasteiger partial charge in [-0.05, 0) is 28.5 Å². The molecule has 0 spiro atoms. The molecule has 0 saturated carbocycles. The van der Waals surface area contributed by atoms with E-state index in [9.17, 15) is 9.90 Å². The van der Waals surface area contributed by atoms with Crippen LogP contribution in [0.15, 0.2) is 36.9 Å². The monoisotopic (exact) mass is 198 g/mol. The molecule has 2 aromatic rings. The van der Waals surface area contributed by atoms with Gasteiger partial charge >= 0.3 is 0 Å². The van der Waals surface area contributed by atoms with Gasteiger partial charge in [-0.2, -0.15) is 0 Å². The van der Waals surface area contributed by atoms with Gasteiger partial charge in [-0.25, -0.2) is 0 Å². The maximum Gasteiger partial charge on any atom is 0.151 e. The summed E-state index contributed by atoms with van der Waals surface area (Å²) in [5.74, 6) is 0.159. The van der Waals surface area contributed by atoms with Crippen molar-refractivity contribution in [2.45, 2.75) is 0 Å². The van der Waals surface area contributed by atoms with Crippen LogP contribution in [0, 0.1) is 0 Å². The van der Waals surface area contributed by atoms with Gasteiger partial charge in [0.15, 0.2) is 6.29 Å². The molecule has 0 heterocycles. The van der Waals surface area contributed by atoms with E-state index in [-0.39, 0.29) is 5.75 Å². The summed E-state index contributed by atoms with van der Waals surface area (Å²) in [5, 5.41) is 11.1. The normalized spacial score (nSPS) is 10.1. The fourth-order valence-corrected chi connectivity index (χ4v) is 1.66. The van der Waals surface area contributed by atoms with E-state index < -0.39 is 0 Å². The Bertz CT molecular complexity index is 541. The lowest BCUT2D eigenvalue weighted by atomic mass is 9.99. The van der Waals surface area contributed by atoms with Crippen LogP contribution in [0.4, 0.5) is 0 Å². The number of rotatable bonds is 2. The number of fused-ring (bicyclic) bond motifs is 1. The largest absolute Gasteiger partial charge is 0.508 e. The first-order valence-corrected chi connectivity index (χ1v) is 4.59. The smallest absolute Gasteiger partial charge is 0.151 e. The Balaban J connectivity index is 2.90. The highest BCUT2D eigenvalue weighted by Crippen LogP contribution is 2.25. The quantitative estimate of drug-likeness (QED) is 0.753. The first-order chi connectivity index (χ1) is 7.26. The fraction of sp³-hybridized carbons (Fsp3) is 0. The van der Waals surface area contributed by atoms with Gasteiger partial charge in [-0.15, -0.1) is 0 Å². The van der Waals surface area contributed by atoms with E-state index in [0.29, 0.717) is 5.56 Å². The second kappa shape index (κ2) is 3.58. The van der Waals surface area contributed by atoms with Crippen molar-refractivity contribution in [2.24, 2.45) is 0 Å². The van der Waals surface area contributed by atoms with Crippen LogP contribution in [0.5, 0.6) is 5.75 Å². The van der Waals surface area contributed by atoms with Crippen LogP contribution in [0.25, 0.3) is 16.8 Å². The van der Waals surface area contributed by atoms with Gasteiger partial charge in [0, 0.05) is 5.56 Å². The molecule has 74 valence electrons. The van der Waals surface area contributed by atoms with E-state index in [1.54, 1.807) is 24.3 Å². The summed E-state index contributed by atoms with van der Waals surface area (Å²) in [6.45, 7) is 3.65. The highest BCUT2D eigenvalue weighted by molar-refractivity contribution is 6.02. The van der Waals surface area contributed by atoms with Gasteiger partial charge in [-0.1, -0.05) is 30.9 Å². The molecule has 0 fully saturated rings. The number of carbonyl (C=O) groups is 1. The van der Waals surface area contributed by atoms with Crippen LogP contribution < -0.4 is 0 Å². The lowest BCUT2D eigenvalue weighted by Crippen LogP contribution is -1.88. The van der Waals surface area contributed by atoms with Crippen LogP contribution in [0.1, 0.15) is 15.9 Å². The van der Waals surface area contributed by atoms with Gasteiger partial charge in [0.05, 0.1) is 0 Å². The molecule has 2 heteroatoms. The summed E-state index contributed by atoms with van der Waals surface area (Å²) in [4.78, 5) is 11.0. The van der Waals surface area contributed by atoms with Crippen molar-refractivity contribution in [3.05, 3.63) is 48.0 Å². The molecule has 0 unspecified atom stereocenters. The zero-order valence-corrected chi connectivity index (χ0v) is 8.10. The summed E-state index contributed by atoms with van der Waals surface area (Å²) < 4.78 is 0. The molecule has 0 aliphatic carbocycles. The molecular weight excluding hydrogens is 188 g/mol. The molecule has 0 amide bonds. The van der Waals surface area contributed by atoms with Crippen LogP contribution in [-0.2, 0) is 0 Å². The van der Waals surface area contributed by atoms with Crippen molar-refractivity contribution in [1.29, 1.82) is 0 Å². The molecule has 0 aliphatic rings. The molecule has 0 saturated heterocycles. The molecule has 0 bridgehead atoms. The summed E-state index contributed by atoms with van der Waals surface area (Å²) in [5.41, 5.74) is 1.35. The third kappa shape index (κ3) is 1.50. The van der Waals surface area contributed by atoms with E-state index in [2.05, 4.69) is 6.58 Å². The molecule has 0 aliphatic heterocycles. The molecule has 15 heavy (non-hydrogen) atoms. The molecule has 0 atom stereocenters. The maximum absolute atomic E-state index is 11.0. The number of benzene rings is 2. The Kier molecular flexibility index (Phi) is 2.26. The lowest BCUT2D eigenvalue weighted by Gasteiger charge is -2.05. The molecule has 1 N–H and O–H groups in total.